The first-order valence-corrected chi connectivity index (χ1v) is 6.00. The van der Waals surface area contributed by atoms with Crippen LogP contribution in [0.1, 0.15) is 21.5 Å². The molecule has 0 aliphatic carbocycles. The standard InChI is InChI=1S/C15H12FNO3/c1-10-2-5-12(16)9-14(10)15(18)8-11-3-6-13(7-4-11)17(19)20/h2-7,9H,8H2,1H3. The summed E-state index contributed by atoms with van der Waals surface area (Å²) >= 11 is 0. The van der Waals surface area contributed by atoms with Gasteiger partial charge in [-0.3, -0.25) is 14.9 Å². The molecule has 0 N–H and O–H groups in total. The molecule has 0 saturated heterocycles. The van der Waals surface area contributed by atoms with Crippen molar-refractivity contribution in [1.29, 1.82) is 0 Å². The summed E-state index contributed by atoms with van der Waals surface area (Å²) in [4.78, 5) is 22.1. The van der Waals surface area contributed by atoms with Gasteiger partial charge in [0.25, 0.3) is 5.69 Å². The van der Waals surface area contributed by atoms with Crippen molar-refractivity contribution in [1.82, 2.24) is 0 Å². The second kappa shape index (κ2) is 5.61. The average Bonchev–Trinajstić information content (AvgIpc) is 2.42. The van der Waals surface area contributed by atoms with Crippen LogP contribution >= 0.6 is 0 Å². The number of nitro benzene ring substituents is 1. The van der Waals surface area contributed by atoms with E-state index in [-0.39, 0.29) is 17.9 Å². The molecule has 0 aliphatic rings. The first-order chi connectivity index (χ1) is 9.47. The Balaban J connectivity index is 2.19. The number of hydrogen-bond acceptors (Lipinski definition) is 3. The molecule has 0 bridgehead atoms. The van der Waals surface area contributed by atoms with E-state index < -0.39 is 10.7 Å². The van der Waals surface area contributed by atoms with E-state index in [0.29, 0.717) is 16.7 Å². The normalized spacial score (nSPS) is 10.3. The number of halogens is 1. The number of carbonyl (C=O) groups excluding carboxylic acids is 1. The number of non-ortho nitro benzene ring substituents is 1. The lowest BCUT2D eigenvalue weighted by atomic mass is 9.99. The minimum Gasteiger partial charge on any atom is -0.294 e. The summed E-state index contributed by atoms with van der Waals surface area (Å²) in [6, 6.07) is 9.83. The minimum absolute atomic E-state index is 0.0249. The van der Waals surface area contributed by atoms with E-state index in [1.807, 2.05) is 0 Å². The zero-order valence-electron chi connectivity index (χ0n) is 10.8. The summed E-state index contributed by atoms with van der Waals surface area (Å²) in [7, 11) is 0. The molecular formula is C15H12FNO3. The molecule has 0 fully saturated rings. The molecule has 5 heteroatoms. The number of ketones is 1. The largest absolute Gasteiger partial charge is 0.294 e. The Labute approximate surface area is 115 Å². The molecule has 2 aromatic rings. The van der Waals surface area contributed by atoms with Gasteiger partial charge in [-0.2, -0.15) is 0 Å². The SMILES string of the molecule is Cc1ccc(F)cc1C(=O)Cc1ccc([N+](=O)[O-])cc1. The van der Waals surface area contributed by atoms with Crippen molar-refractivity contribution in [2.24, 2.45) is 0 Å². The van der Waals surface area contributed by atoms with Crippen molar-refractivity contribution in [3.8, 4) is 0 Å². The van der Waals surface area contributed by atoms with Gasteiger partial charge < -0.3 is 0 Å². The average molecular weight is 273 g/mol. The predicted octanol–water partition coefficient (Wildman–Crippen LogP) is 3.47. The Hall–Kier alpha value is -2.56. The number of hydrogen-bond donors (Lipinski definition) is 0. The van der Waals surface area contributed by atoms with Gasteiger partial charge in [-0.1, -0.05) is 18.2 Å². The van der Waals surface area contributed by atoms with Gasteiger partial charge in [0.05, 0.1) is 4.92 Å². The molecule has 0 heterocycles. The third kappa shape index (κ3) is 3.06. The number of Topliss-reactive ketones (excluding diaryl/α,β-unsaturated/α-hetero) is 1. The van der Waals surface area contributed by atoms with Gasteiger partial charge >= 0.3 is 0 Å². The van der Waals surface area contributed by atoms with Crippen molar-refractivity contribution in [2.45, 2.75) is 13.3 Å². The van der Waals surface area contributed by atoms with Crippen LogP contribution in [0, 0.1) is 22.9 Å². The van der Waals surface area contributed by atoms with Crippen LogP contribution in [0.5, 0.6) is 0 Å². The van der Waals surface area contributed by atoms with Crippen molar-refractivity contribution in [3.05, 3.63) is 75.1 Å². The second-order valence-corrected chi connectivity index (χ2v) is 4.48. The maximum atomic E-state index is 13.2. The minimum atomic E-state index is -0.498. The van der Waals surface area contributed by atoms with Crippen molar-refractivity contribution >= 4 is 11.5 Å². The van der Waals surface area contributed by atoms with Crippen LogP contribution in [-0.4, -0.2) is 10.7 Å². The quantitative estimate of drug-likeness (QED) is 0.487. The number of aryl methyl sites for hydroxylation is 1. The van der Waals surface area contributed by atoms with Crippen LogP contribution in [0.4, 0.5) is 10.1 Å². The Morgan fingerprint density at radius 3 is 2.45 bits per heavy atom. The maximum absolute atomic E-state index is 13.2. The lowest BCUT2D eigenvalue weighted by molar-refractivity contribution is -0.384. The van der Waals surface area contributed by atoms with E-state index in [0.717, 1.165) is 0 Å². The Morgan fingerprint density at radius 1 is 1.20 bits per heavy atom. The first-order valence-electron chi connectivity index (χ1n) is 6.00. The highest BCUT2D eigenvalue weighted by molar-refractivity contribution is 5.98. The number of carbonyl (C=O) groups is 1. The molecule has 102 valence electrons. The van der Waals surface area contributed by atoms with E-state index in [2.05, 4.69) is 0 Å². The molecule has 0 aliphatic heterocycles. The fourth-order valence-electron chi connectivity index (χ4n) is 1.91. The van der Waals surface area contributed by atoms with Gasteiger partial charge in [-0.15, -0.1) is 0 Å². The summed E-state index contributed by atoms with van der Waals surface area (Å²) in [5.41, 5.74) is 1.68. The maximum Gasteiger partial charge on any atom is 0.269 e. The van der Waals surface area contributed by atoms with Crippen LogP contribution in [0.2, 0.25) is 0 Å². The smallest absolute Gasteiger partial charge is 0.269 e. The Kier molecular flexibility index (Phi) is 3.89. The van der Waals surface area contributed by atoms with Gasteiger partial charge in [0, 0.05) is 24.1 Å². The third-order valence-corrected chi connectivity index (χ3v) is 3.01. The van der Waals surface area contributed by atoms with E-state index in [1.54, 1.807) is 13.0 Å². The fraction of sp³-hybridized carbons (Fsp3) is 0.133. The summed E-state index contributed by atoms with van der Waals surface area (Å²) < 4.78 is 13.2. The topological polar surface area (TPSA) is 60.2 Å². The molecular weight excluding hydrogens is 261 g/mol. The summed E-state index contributed by atoms with van der Waals surface area (Å²) in [5.74, 6) is -0.668. The summed E-state index contributed by atoms with van der Waals surface area (Å²) in [6.45, 7) is 1.74. The van der Waals surface area contributed by atoms with Gasteiger partial charge in [0.15, 0.2) is 5.78 Å². The first kappa shape index (κ1) is 13.9. The number of benzene rings is 2. The Morgan fingerprint density at radius 2 is 1.85 bits per heavy atom. The van der Waals surface area contributed by atoms with Crippen LogP contribution in [-0.2, 0) is 6.42 Å². The molecule has 0 spiro atoms. The third-order valence-electron chi connectivity index (χ3n) is 3.01. The molecule has 4 nitrogen and oxygen atoms in total. The molecule has 0 radical (unpaired) electrons. The lowest BCUT2D eigenvalue weighted by Crippen LogP contribution is -2.06. The summed E-state index contributed by atoms with van der Waals surface area (Å²) in [5, 5.41) is 10.5. The van der Waals surface area contributed by atoms with Gasteiger partial charge in [0.2, 0.25) is 0 Å². The second-order valence-electron chi connectivity index (χ2n) is 4.48. The zero-order valence-corrected chi connectivity index (χ0v) is 10.8. The van der Waals surface area contributed by atoms with E-state index in [1.165, 1.54) is 36.4 Å². The van der Waals surface area contributed by atoms with E-state index >= 15 is 0 Å². The Bertz CT molecular complexity index is 665. The number of nitrogens with zero attached hydrogens (tertiary/aromatic N) is 1. The number of rotatable bonds is 4. The lowest BCUT2D eigenvalue weighted by Gasteiger charge is -2.05. The van der Waals surface area contributed by atoms with Crippen LogP contribution in [0.25, 0.3) is 0 Å². The molecule has 0 saturated carbocycles. The zero-order chi connectivity index (χ0) is 14.7. The molecule has 2 rings (SSSR count). The van der Waals surface area contributed by atoms with E-state index in [9.17, 15) is 19.3 Å². The van der Waals surface area contributed by atoms with Gasteiger partial charge in [-0.25, -0.2) is 4.39 Å². The fourth-order valence-corrected chi connectivity index (χ4v) is 1.91. The highest BCUT2D eigenvalue weighted by atomic mass is 19.1. The predicted molar refractivity (Wildman–Crippen MR) is 72.3 cm³/mol. The van der Waals surface area contributed by atoms with Crippen molar-refractivity contribution in [2.75, 3.05) is 0 Å². The van der Waals surface area contributed by atoms with Crippen molar-refractivity contribution in [3.63, 3.8) is 0 Å². The molecule has 0 unspecified atom stereocenters. The molecule has 0 atom stereocenters. The number of nitro groups is 1. The summed E-state index contributed by atoms with van der Waals surface area (Å²) in [6.07, 6.45) is 0.0856. The van der Waals surface area contributed by atoms with Gasteiger partial charge in [0.1, 0.15) is 5.82 Å². The molecule has 20 heavy (non-hydrogen) atoms. The highest BCUT2D eigenvalue weighted by Gasteiger charge is 2.12. The highest BCUT2D eigenvalue weighted by Crippen LogP contribution is 2.16. The van der Waals surface area contributed by atoms with Crippen LogP contribution < -0.4 is 0 Å². The van der Waals surface area contributed by atoms with Crippen molar-refractivity contribution < 1.29 is 14.1 Å². The molecule has 2 aromatic carbocycles. The van der Waals surface area contributed by atoms with E-state index in [4.69, 9.17) is 0 Å². The molecule has 0 amide bonds. The van der Waals surface area contributed by atoms with Gasteiger partial charge in [-0.05, 0) is 30.2 Å². The van der Waals surface area contributed by atoms with Crippen LogP contribution in [0.3, 0.4) is 0 Å². The monoisotopic (exact) mass is 273 g/mol. The molecule has 0 aromatic heterocycles. The van der Waals surface area contributed by atoms with Crippen LogP contribution in [0.15, 0.2) is 42.5 Å².